The molecule has 1 aliphatic carbocycles. The van der Waals surface area contributed by atoms with E-state index in [0.717, 1.165) is 38.5 Å². The summed E-state index contributed by atoms with van der Waals surface area (Å²) in [5, 5.41) is 9.66. The van der Waals surface area contributed by atoms with Crippen LogP contribution in [0, 0.1) is 17.7 Å². The minimum atomic E-state index is -3.22. The van der Waals surface area contributed by atoms with Crippen LogP contribution in [0.5, 0.6) is 0 Å². The Kier molecular flexibility index (Phi) is 12.1. The molecule has 13 heteroatoms. The number of Topliss-reactive ketones (excluding diaryl/α,β-unsaturated/α-hetero) is 1. The Morgan fingerprint density at radius 3 is 2.30 bits per heavy atom. The number of benzene rings is 1. The molecule has 3 amide bonds. The lowest BCUT2D eigenvalue weighted by molar-refractivity contribution is -0.136. The van der Waals surface area contributed by atoms with Crippen LogP contribution >= 0.6 is 0 Å². The molecular weight excluding hydrogens is 613 g/mol. The van der Waals surface area contributed by atoms with Gasteiger partial charge in [0.25, 0.3) is 0 Å². The van der Waals surface area contributed by atoms with E-state index in [1.807, 2.05) is 6.92 Å². The van der Waals surface area contributed by atoms with Gasteiger partial charge in [-0.1, -0.05) is 45.6 Å². The smallest absolute Gasteiger partial charge is 0.245 e. The fourth-order valence-corrected chi connectivity index (χ4v) is 7.65. The fraction of sp³-hybridized carbons (Fsp3) is 0.606. The molecule has 2 aliphatic rings. The largest absolute Gasteiger partial charge is 0.344 e. The van der Waals surface area contributed by atoms with Crippen LogP contribution in [0.25, 0.3) is 0 Å². The lowest BCUT2D eigenvalue weighted by atomic mass is 9.81. The van der Waals surface area contributed by atoms with Gasteiger partial charge < -0.3 is 15.5 Å². The molecule has 252 valence electrons. The van der Waals surface area contributed by atoms with E-state index in [2.05, 4.69) is 15.7 Å². The molecule has 1 aliphatic heterocycles. The molecule has 3 atom stereocenters. The number of carbonyl (C=O) groups is 4. The second-order valence-corrected chi connectivity index (χ2v) is 14.7. The maximum Gasteiger partial charge on any atom is 0.245 e. The van der Waals surface area contributed by atoms with Crippen molar-refractivity contribution in [3.8, 4) is 0 Å². The number of amides is 3. The van der Waals surface area contributed by atoms with Gasteiger partial charge in [0.1, 0.15) is 17.6 Å². The molecule has 2 heterocycles. The predicted octanol–water partition coefficient (Wildman–Crippen LogP) is 4.10. The third-order valence-electron chi connectivity index (χ3n) is 9.35. The number of aryl methyl sites for hydroxylation is 1. The summed E-state index contributed by atoms with van der Waals surface area (Å²) in [6, 6.07) is 4.91. The van der Waals surface area contributed by atoms with E-state index in [1.54, 1.807) is 36.9 Å². The van der Waals surface area contributed by atoms with Crippen molar-refractivity contribution in [3.63, 3.8) is 0 Å². The fourth-order valence-electron chi connectivity index (χ4n) is 6.45. The molecule has 2 aromatic rings. The van der Waals surface area contributed by atoms with Crippen molar-refractivity contribution >= 4 is 39.0 Å². The number of rotatable bonds is 12. The molecule has 1 aromatic heterocycles. The average molecular weight is 660 g/mol. The number of hydrogen-bond donors (Lipinski definition) is 2. The van der Waals surface area contributed by atoms with E-state index >= 15 is 4.39 Å². The minimum Gasteiger partial charge on any atom is -0.344 e. The third kappa shape index (κ3) is 8.80. The van der Waals surface area contributed by atoms with Gasteiger partial charge in [0.05, 0.1) is 17.2 Å². The number of hydrogen-bond acceptors (Lipinski definition) is 7. The number of sulfone groups is 1. The molecule has 0 radical (unpaired) electrons. The van der Waals surface area contributed by atoms with Gasteiger partial charge in [-0.3, -0.25) is 23.9 Å². The van der Waals surface area contributed by atoms with Gasteiger partial charge in [-0.25, -0.2) is 12.8 Å². The Labute approximate surface area is 270 Å². The van der Waals surface area contributed by atoms with E-state index in [9.17, 15) is 27.6 Å². The molecule has 4 rings (SSSR count). The molecule has 11 nitrogen and oxygen atoms in total. The van der Waals surface area contributed by atoms with E-state index < -0.39 is 45.3 Å². The van der Waals surface area contributed by atoms with Gasteiger partial charge in [-0.15, -0.1) is 0 Å². The highest BCUT2D eigenvalue weighted by Gasteiger charge is 2.35. The third-order valence-corrected chi connectivity index (χ3v) is 11.0. The van der Waals surface area contributed by atoms with Crippen molar-refractivity contribution in [3.05, 3.63) is 47.5 Å². The van der Waals surface area contributed by atoms with E-state index in [4.69, 9.17) is 0 Å². The first-order chi connectivity index (χ1) is 21.9. The molecule has 46 heavy (non-hydrogen) atoms. The van der Waals surface area contributed by atoms with Gasteiger partial charge in [0.2, 0.25) is 17.7 Å². The molecule has 1 saturated carbocycles. The first kappa shape index (κ1) is 35.2. The number of nitrogens with one attached hydrogen (secondary N) is 2. The van der Waals surface area contributed by atoms with Gasteiger partial charge in [0.15, 0.2) is 15.6 Å². The first-order valence-corrected chi connectivity index (χ1v) is 18.2. The van der Waals surface area contributed by atoms with E-state index in [1.165, 1.54) is 17.0 Å². The monoisotopic (exact) mass is 659 g/mol. The van der Waals surface area contributed by atoms with Crippen molar-refractivity contribution < 1.29 is 32.0 Å². The second kappa shape index (κ2) is 15.8. The quantitative estimate of drug-likeness (QED) is 0.258. The summed E-state index contributed by atoms with van der Waals surface area (Å²) < 4.78 is 41.0. The predicted molar refractivity (Wildman–Crippen MR) is 172 cm³/mol. The van der Waals surface area contributed by atoms with Crippen LogP contribution in [0.2, 0.25) is 0 Å². The van der Waals surface area contributed by atoms with Crippen molar-refractivity contribution in [2.45, 2.75) is 90.6 Å². The molecule has 2 fully saturated rings. The molecule has 1 saturated heterocycles. The van der Waals surface area contributed by atoms with Crippen molar-refractivity contribution in [1.29, 1.82) is 0 Å². The summed E-state index contributed by atoms with van der Waals surface area (Å²) in [6.45, 7) is 5.82. The van der Waals surface area contributed by atoms with Crippen LogP contribution in [0.1, 0.15) is 94.1 Å². The van der Waals surface area contributed by atoms with Crippen LogP contribution in [0.3, 0.4) is 0 Å². The Morgan fingerprint density at radius 2 is 1.70 bits per heavy atom. The maximum absolute atomic E-state index is 15.6. The summed E-state index contributed by atoms with van der Waals surface area (Å²) >= 11 is 0. The molecule has 2 N–H and O–H groups in total. The Balaban J connectivity index is 1.53. The van der Waals surface area contributed by atoms with Crippen molar-refractivity contribution in [2.75, 3.05) is 29.9 Å². The van der Waals surface area contributed by atoms with Crippen LogP contribution in [0.4, 0.5) is 10.1 Å². The van der Waals surface area contributed by atoms with Crippen LogP contribution < -0.4 is 10.6 Å². The van der Waals surface area contributed by atoms with Crippen LogP contribution in [-0.2, 0) is 30.8 Å². The summed E-state index contributed by atoms with van der Waals surface area (Å²) in [7, 11) is -3.22. The lowest BCUT2D eigenvalue weighted by Gasteiger charge is -2.33. The number of anilines is 1. The maximum atomic E-state index is 15.6. The second-order valence-electron chi connectivity index (χ2n) is 12.4. The molecule has 0 spiro atoms. The SMILES string of the molecule is CCC(=O)N[C@@H](C(=O)N1CCS(=O)(=O)CC1)[C@@H](C)c1ccc(NC(=O)[C@@H](CC(=O)c2ccnn2CC)C2CCCCCC2)c(F)c1. The van der Waals surface area contributed by atoms with Crippen molar-refractivity contribution in [2.24, 2.45) is 11.8 Å². The zero-order valence-corrected chi connectivity index (χ0v) is 27.8. The van der Waals surface area contributed by atoms with Crippen LogP contribution in [-0.4, -0.2) is 77.2 Å². The number of carbonyl (C=O) groups excluding carboxylic acids is 4. The number of ketones is 1. The number of aromatic nitrogens is 2. The molecular formula is C33H46FN5O6S. The lowest BCUT2D eigenvalue weighted by Crippen LogP contribution is -2.54. The highest BCUT2D eigenvalue weighted by Crippen LogP contribution is 2.33. The summed E-state index contributed by atoms with van der Waals surface area (Å²) in [5.74, 6) is -3.68. The number of nitrogens with zero attached hydrogens (tertiary/aromatic N) is 3. The highest BCUT2D eigenvalue weighted by atomic mass is 32.2. The zero-order chi connectivity index (χ0) is 33.4. The Morgan fingerprint density at radius 1 is 1.02 bits per heavy atom. The topological polar surface area (TPSA) is 148 Å². The zero-order valence-electron chi connectivity index (χ0n) is 27.0. The Bertz CT molecular complexity index is 1500. The first-order valence-electron chi connectivity index (χ1n) is 16.4. The van der Waals surface area contributed by atoms with Crippen LogP contribution in [0.15, 0.2) is 30.5 Å². The van der Waals surface area contributed by atoms with E-state index in [-0.39, 0.29) is 60.7 Å². The average Bonchev–Trinajstić information content (AvgIpc) is 3.37. The van der Waals surface area contributed by atoms with E-state index in [0.29, 0.717) is 17.8 Å². The Hall–Kier alpha value is -3.61. The summed E-state index contributed by atoms with van der Waals surface area (Å²) in [6.07, 6.45) is 7.43. The van der Waals surface area contributed by atoms with Gasteiger partial charge >= 0.3 is 0 Å². The summed E-state index contributed by atoms with van der Waals surface area (Å²) in [5.41, 5.74) is 0.842. The van der Waals surface area contributed by atoms with Gasteiger partial charge in [0, 0.05) is 50.5 Å². The highest BCUT2D eigenvalue weighted by molar-refractivity contribution is 7.91. The minimum absolute atomic E-state index is 0.00233. The standard InChI is InChI=1S/C33H46FN5O6S/c1-4-30(41)37-31(33(43)38-16-18-46(44,45)19-17-38)22(3)24-12-13-27(26(34)20-24)36-32(42)25(23-10-8-6-7-9-11-23)21-29(40)28-14-15-35-39(28)5-2/h12-15,20,22-23,25,31H,4-11,16-19,21H2,1-3H3,(H,36,42)(H,37,41)/t22-,25-,31+/m0/s1. The molecule has 0 unspecified atom stereocenters. The van der Waals surface area contributed by atoms with Crippen molar-refractivity contribution in [1.82, 2.24) is 20.0 Å². The molecule has 1 aromatic carbocycles. The van der Waals surface area contributed by atoms with Gasteiger partial charge in [-0.2, -0.15) is 5.10 Å². The van der Waals surface area contributed by atoms with Gasteiger partial charge in [-0.05, 0) is 49.4 Å². The summed E-state index contributed by atoms with van der Waals surface area (Å²) in [4.78, 5) is 54.3. The number of halogens is 1. The molecule has 0 bridgehead atoms. The normalized spacial score (nSPS) is 19.0.